The van der Waals surface area contributed by atoms with Crippen molar-refractivity contribution in [2.45, 2.75) is 44.0 Å². The largest absolute Gasteiger partial charge is 0.341 e. The number of nitrogens with zero attached hydrogens (tertiary/aromatic N) is 2. The van der Waals surface area contributed by atoms with Crippen LogP contribution in [0.4, 0.5) is 21.8 Å². The molecule has 1 aromatic heterocycles. The van der Waals surface area contributed by atoms with Crippen LogP contribution in [-0.2, 0) is 20.0 Å². The molecule has 0 unspecified atom stereocenters. The molecule has 6 N–H and O–H groups in total. The third kappa shape index (κ3) is 6.82. The lowest BCUT2D eigenvalue weighted by Crippen LogP contribution is -2.42. The van der Waals surface area contributed by atoms with Gasteiger partial charge in [-0.25, -0.2) is 36.1 Å². The minimum absolute atomic E-state index is 0.0192. The molecule has 2 heterocycles. The normalized spacial score (nSPS) is 18.2. The van der Waals surface area contributed by atoms with Gasteiger partial charge in [0.2, 0.25) is 26.0 Å². The number of anilines is 3. The van der Waals surface area contributed by atoms with Gasteiger partial charge in [-0.2, -0.15) is 4.98 Å². The van der Waals surface area contributed by atoms with E-state index >= 15 is 0 Å². The summed E-state index contributed by atoms with van der Waals surface area (Å²) >= 11 is 0. The number of primary sulfonamides is 1. The minimum atomic E-state index is -3.94. The molecule has 1 fully saturated rings. The van der Waals surface area contributed by atoms with Crippen molar-refractivity contribution in [3.8, 4) is 0 Å². The van der Waals surface area contributed by atoms with Crippen molar-refractivity contribution in [3.05, 3.63) is 70.2 Å². The van der Waals surface area contributed by atoms with Gasteiger partial charge in [0.25, 0.3) is 0 Å². The maximum absolute atomic E-state index is 14.6. The average molecular weight is 564 g/mol. The lowest BCUT2D eigenvalue weighted by molar-refractivity contribution is 0.428. The lowest BCUT2D eigenvalue weighted by atomic mass is 10.0. The molecule has 1 aliphatic carbocycles. The number of nitrogens with one attached hydrogen (secondary N) is 4. The van der Waals surface area contributed by atoms with Crippen molar-refractivity contribution >= 4 is 37.5 Å². The Morgan fingerprint density at radius 3 is 2.61 bits per heavy atom. The van der Waals surface area contributed by atoms with Crippen LogP contribution in [-0.4, -0.2) is 45.9 Å². The number of aryl methyl sites for hydroxylation is 1. The van der Waals surface area contributed by atoms with E-state index in [0.29, 0.717) is 22.5 Å². The van der Waals surface area contributed by atoms with Crippen molar-refractivity contribution in [1.82, 2.24) is 20.0 Å². The van der Waals surface area contributed by atoms with Crippen molar-refractivity contribution in [2.24, 2.45) is 5.14 Å². The summed E-state index contributed by atoms with van der Waals surface area (Å²) in [6, 6.07) is 4.43. The second-order valence-corrected chi connectivity index (χ2v) is 12.5. The van der Waals surface area contributed by atoms with E-state index in [-0.39, 0.29) is 34.0 Å². The third-order valence-electron chi connectivity index (χ3n) is 6.27. The molecule has 204 valence electrons. The van der Waals surface area contributed by atoms with Crippen molar-refractivity contribution in [1.29, 1.82) is 0 Å². The highest BCUT2D eigenvalue weighted by Gasteiger charge is 2.24. The van der Waals surface area contributed by atoms with Crippen molar-refractivity contribution < 1.29 is 21.2 Å². The number of sulfonamides is 2. The van der Waals surface area contributed by atoms with Crippen LogP contribution in [0.1, 0.15) is 31.7 Å². The van der Waals surface area contributed by atoms with Gasteiger partial charge in [-0.3, -0.25) is 0 Å². The van der Waals surface area contributed by atoms with Gasteiger partial charge in [-0.1, -0.05) is 18.2 Å². The fourth-order valence-corrected chi connectivity index (χ4v) is 6.28. The predicted octanol–water partition coefficient (Wildman–Crippen LogP) is 2.52. The number of piperidine rings is 1. The summed E-state index contributed by atoms with van der Waals surface area (Å²) in [7, 11) is -7.62. The van der Waals surface area contributed by atoms with E-state index in [1.165, 1.54) is 6.07 Å². The standard InChI is InChI=1S/C24H30FN7O4S2/c1-15-6-7-20(13-22(15)37(26,33)34)30-24-28-14-21(25)23(31-24)29-19-5-3-4-17(12-19)16(2)38(35,36)32-18-8-10-27-11-9-18/h3-7,13-14,18,27,32H,8-12H2,1-2H3,(H2,26,33,34)(H2,28,29,30,31)/b17-16+. The van der Waals surface area contributed by atoms with Gasteiger partial charge in [-0.15, -0.1) is 0 Å². The Morgan fingerprint density at radius 1 is 1.16 bits per heavy atom. The summed E-state index contributed by atoms with van der Waals surface area (Å²) in [5.74, 6) is -0.830. The second kappa shape index (κ2) is 11.3. The Balaban J connectivity index is 1.50. The molecule has 14 heteroatoms. The number of halogens is 1. The monoisotopic (exact) mass is 563 g/mol. The molecule has 0 radical (unpaired) electrons. The van der Waals surface area contributed by atoms with Crippen LogP contribution >= 0.6 is 0 Å². The maximum Gasteiger partial charge on any atom is 0.238 e. The first kappa shape index (κ1) is 27.9. The van der Waals surface area contributed by atoms with Crippen LogP contribution < -0.4 is 25.8 Å². The van der Waals surface area contributed by atoms with Gasteiger partial charge < -0.3 is 16.0 Å². The number of aromatic nitrogens is 2. The van der Waals surface area contributed by atoms with Gasteiger partial charge in [0.1, 0.15) is 0 Å². The van der Waals surface area contributed by atoms with E-state index in [0.717, 1.165) is 32.1 Å². The Hall–Kier alpha value is -3.17. The summed E-state index contributed by atoms with van der Waals surface area (Å²) in [5.41, 5.74) is 1.93. The van der Waals surface area contributed by atoms with Crippen molar-refractivity contribution in [2.75, 3.05) is 23.7 Å². The molecule has 2 aliphatic rings. The summed E-state index contributed by atoms with van der Waals surface area (Å²) in [6.45, 7) is 4.69. The molecule has 1 aliphatic heterocycles. The van der Waals surface area contributed by atoms with Crippen LogP contribution in [0.3, 0.4) is 0 Å². The molecule has 4 rings (SSSR count). The van der Waals surface area contributed by atoms with E-state index in [9.17, 15) is 21.2 Å². The maximum atomic E-state index is 14.6. The van der Waals surface area contributed by atoms with Gasteiger partial charge in [0, 0.05) is 23.8 Å². The molecule has 2 aromatic rings. The molecule has 38 heavy (non-hydrogen) atoms. The number of hydrogen-bond acceptors (Lipinski definition) is 9. The SMILES string of the molecule is C/C(=C1/C=CC=C(Nc2nc(Nc3ccc(C)c(S(N)(=O)=O)c3)ncc2F)C1)S(=O)(=O)NC1CCNCC1. The van der Waals surface area contributed by atoms with Gasteiger partial charge in [0.05, 0.1) is 16.0 Å². The Bertz CT molecular complexity index is 1530. The van der Waals surface area contributed by atoms with Gasteiger partial charge in [-0.05, 0) is 69.1 Å². The topological polar surface area (TPSA) is 168 Å². The molecular formula is C24H30FN7O4S2. The summed E-state index contributed by atoms with van der Waals surface area (Å²) in [5, 5.41) is 14.2. The fraction of sp³-hybridized carbons (Fsp3) is 0.333. The first-order valence-corrected chi connectivity index (χ1v) is 15.0. The van der Waals surface area contributed by atoms with Crippen LogP contribution in [0, 0.1) is 12.7 Å². The third-order valence-corrected chi connectivity index (χ3v) is 9.03. The molecule has 0 amide bonds. The molecule has 0 atom stereocenters. The van der Waals surface area contributed by atoms with E-state index in [1.54, 1.807) is 44.2 Å². The molecule has 0 bridgehead atoms. The molecule has 0 spiro atoms. The molecule has 11 nitrogen and oxygen atoms in total. The van der Waals surface area contributed by atoms with Crippen LogP contribution in [0.2, 0.25) is 0 Å². The summed E-state index contributed by atoms with van der Waals surface area (Å²) in [4.78, 5) is 8.23. The second-order valence-electron chi connectivity index (χ2n) is 9.12. The number of rotatable bonds is 8. The zero-order valence-electron chi connectivity index (χ0n) is 21.0. The number of allylic oxidation sites excluding steroid dienone is 5. The summed E-state index contributed by atoms with van der Waals surface area (Å²) < 4.78 is 66.9. The number of benzene rings is 1. The highest BCUT2D eigenvalue weighted by Crippen LogP contribution is 2.27. The van der Waals surface area contributed by atoms with Crippen LogP contribution in [0.25, 0.3) is 0 Å². The van der Waals surface area contributed by atoms with E-state index in [2.05, 4.69) is 30.6 Å². The summed E-state index contributed by atoms with van der Waals surface area (Å²) in [6.07, 6.45) is 7.74. The molecule has 0 saturated carbocycles. The average Bonchev–Trinajstić information content (AvgIpc) is 2.86. The lowest BCUT2D eigenvalue weighted by Gasteiger charge is -2.24. The molecular weight excluding hydrogens is 533 g/mol. The fourth-order valence-electron chi connectivity index (χ4n) is 4.13. The highest BCUT2D eigenvalue weighted by atomic mass is 32.2. The predicted molar refractivity (Wildman–Crippen MR) is 144 cm³/mol. The first-order chi connectivity index (χ1) is 17.9. The highest BCUT2D eigenvalue weighted by molar-refractivity contribution is 7.93. The van der Waals surface area contributed by atoms with Crippen molar-refractivity contribution in [3.63, 3.8) is 0 Å². The van der Waals surface area contributed by atoms with E-state index in [1.807, 2.05) is 0 Å². The quantitative estimate of drug-likeness (QED) is 0.324. The number of hydrogen-bond donors (Lipinski definition) is 5. The van der Waals surface area contributed by atoms with E-state index < -0.39 is 25.9 Å². The van der Waals surface area contributed by atoms with Crippen LogP contribution in [0.5, 0.6) is 0 Å². The first-order valence-electron chi connectivity index (χ1n) is 11.9. The smallest absolute Gasteiger partial charge is 0.238 e. The van der Waals surface area contributed by atoms with Crippen LogP contribution in [0.15, 0.2) is 63.7 Å². The molecule has 1 aromatic carbocycles. The Kier molecular flexibility index (Phi) is 8.28. The van der Waals surface area contributed by atoms with Gasteiger partial charge >= 0.3 is 0 Å². The van der Waals surface area contributed by atoms with E-state index in [4.69, 9.17) is 5.14 Å². The Labute approximate surface area is 221 Å². The van der Waals surface area contributed by atoms with Gasteiger partial charge in [0.15, 0.2) is 11.6 Å². The Morgan fingerprint density at radius 2 is 1.89 bits per heavy atom. The zero-order chi connectivity index (χ0) is 27.5. The zero-order valence-corrected chi connectivity index (χ0v) is 22.6. The number of nitrogens with two attached hydrogens (primary N) is 1. The molecule has 1 saturated heterocycles. The minimum Gasteiger partial charge on any atom is -0.341 e.